The van der Waals surface area contributed by atoms with E-state index in [1.54, 1.807) is 0 Å². The first-order valence-electron chi connectivity index (χ1n) is 14.7. The summed E-state index contributed by atoms with van der Waals surface area (Å²) < 4.78 is 12.3. The van der Waals surface area contributed by atoms with Crippen molar-refractivity contribution in [2.75, 3.05) is 20.2 Å². The third kappa shape index (κ3) is 6.38. The van der Waals surface area contributed by atoms with E-state index in [0.717, 1.165) is 56.3 Å². The average molecular weight is 553 g/mol. The molecule has 5 rings (SSSR count). The topological polar surface area (TPSA) is 75.8 Å². The van der Waals surface area contributed by atoms with Crippen LogP contribution in [0.4, 0.5) is 0 Å². The lowest BCUT2D eigenvalue weighted by Crippen LogP contribution is -2.26. The second-order valence-corrected chi connectivity index (χ2v) is 11.4. The number of nitrogens with zero attached hydrogens (tertiary/aromatic N) is 2. The zero-order chi connectivity index (χ0) is 28.9. The van der Waals surface area contributed by atoms with Gasteiger partial charge in [-0.2, -0.15) is 0 Å². The number of carboxylic acids is 1. The Morgan fingerprint density at radius 1 is 1.07 bits per heavy atom. The van der Waals surface area contributed by atoms with Crippen molar-refractivity contribution in [3.8, 4) is 28.2 Å². The molecule has 1 aliphatic heterocycles. The highest BCUT2D eigenvalue weighted by atomic mass is 16.5. The molecule has 3 aromatic carbocycles. The van der Waals surface area contributed by atoms with E-state index in [1.165, 1.54) is 27.8 Å². The molecule has 1 aromatic heterocycles. The Labute approximate surface area is 243 Å². The van der Waals surface area contributed by atoms with E-state index in [9.17, 15) is 9.90 Å². The molecule has 2 heterocycles. The first-order valence-corrected chi connectivity index (χ1v) is 14.7. The Kier molecular flexibility index (Phi) is 8.89. The van der Waals surface area contributed by atoms with Crippen molar-refractivity contribution in [2.45, 2.75) is 65.3 Å². The summed E-state index contributed by atoms with van der Waals surface area (Å²) in [5.41, 5.74) is 8.22. The van der Waals surface area contributed by atoms with Gasteiger partial charge in [0.05, 0.1) is 17.7 Å². The molecule has 0 fully saturated rings. The number of aromatic carboxylic acids is 1. The van der Waals surface area contributed by atoms with Crippen molar-refractivity contribution in [3.05, 3.63) is 94.2 Å². The highest BCUT2D eigenvalue weighted by Gasteiger charge is 2.28. The molecule has 0 spiro atoms. The Hall–Kier alpha value is -3.90. The van der Waals surface area contributed by atoms with Gasteiger partial charge in [-0.3, -0.25) is 0 Å². The van der Waals surface area contributed by atoms with Crippen molar-refractivity contribution in [1.82, 2.24) is 10.1 Å². The van der Waals surface area contributed by atoms with Gasteiger partial charge in [0, 0.05) is 13.1 Å². The minimum atomic E-state index is -1.11. The normalized spacial score (nSPS) is 13.4. The minimum Gasteiger partial charge on any atom is -0.493 e. The fourth-order valence-electron chi connectivity index (χ4n) is 5.68. The van der Waals surface area contributed by atoms with E-state index in [1.807, 2.05) is 12.1 Å². The third-order valence-corrected chi connectivity index (χ3v) is 7.98. The molecule has 6 nitrogen and oxygen atoms in total. The minimum absolute atomic E-state index is 0.0772. The Morgan fingerprint density at radius 2 is 1.88 bits per heavy atom. The lowest BCUT2D eigenvalue weighted by molar-refractivity contribution is 0.0686. The summed E-state index contributed by atoms with van der Waals surface area (Å²) in [5, 5.41) is 14.2. The van der Waals surface area contributed by atoms with Gasteiger partial charge < -0.3 is 19.3 Å². The van der Waals surface area contributed by atoms with Crippen molar-refractivity contribution >= 4 is 5.97 Å². The number of carbonyl (C=O) groups is 1. The maximum Gasteiger partial charge on any atom is 0.358 e. The third-order valence-electron chi connectivity index (χ3n) is 7.98. The van der Waals surface area contributed by atoms with Crippen LogP contribution in [0, 0.1) is 0 Å². The van der Waals surface area contributed by atoms with Crippen LogP contribution in [0.5, 0.6) is 5.75 Å². The lowest BCUT2D eigenvalue weighted by atomic mass is 9.88. The molecule has 0 radical (unpaired) electrons. The Morgan fingerprint density at radius 3 is 2.61 bits per heavy atom. The fourth-order valence-corrected chi connectivity index (χ4v) is 5.68. The van der Waals surface area contributed by atoms with Gasteiger partial charge in [0.15, 0.2) is 11.5 Å². The van der Waals surface area contributed by atoms with Crippen molar-refractivity contribution in [3.63, 3.8) is 0 Å². The number of likely N-dealkylation sites (N-methyl/N-ethyl adjacent to an activating group) is 1. The summed E-state index contributed by atoms with van der Waals surface area (Å²) in [6.07, 6.45) is 4.66. The number of fused-ring (bicyclic) bond motifs is 1. The molecule has 0 atom stereocenters. The molecule has 4 aromatic rings. The second kappa shape index (κ2) is 12.7. The molecule has 0 amide bonds. The van der Waals surface area contributed by atoms with Gasteiger partial charge in [0.2, 0.25) is 0 Å². The zero-order valence-electron chi connectivity index (χ0n) is 24.6. The molecule has 0 saturated carbocycles. The van der Waals surface area contributed by atoms with Gasteiger partial charge >= 0.3 is 5.97 Å². The summed E-state index contributed by atoms with van der Waals surface area (Å²) >= 11 is 0. The standard InChI is InChI=1S/C35H40N2O4/c1-5-6-18-40-31-20-26(13-12-24-10-8-7-9-11-24)29(23(2)3)21-30(31)34-32(33(35(38)39)36-41-34)27-14-15-28-22-37(4)17-16-25(28)19-27/h7-11,14-15,19-21,23H,5-6,12-13,16-18,22H2,1-4H3,(H,38,39). The first-order chi connectivity index (χ1) is 19.9. The van der Waals surface area contributed by atoms with E-state index in [2.05, 4.69) is 86.4 Å². The second-order valence-electron chi connectivity index (χ2n) is 11.4. The number of unbranched alkanes of at least 4 members (excludes halogenated alkanes) is 1. The molecular formula is C35H40N2O4. The maximum atomic E-state index is 12.4. The molecule has 0 saturated heterocycles. The molecule has 0 aliphatic carbocycles. The summed E-state index contributed by atoms with van der Waals surface area (Å²) in [6, 6.07) is 21.0. The molecule has 0 unspecified atom stereocenters. The van der Waals surface area contributed by atoms with Crippen LogP contribution in [0.3, 0.4) is 0 Å². The maximum absolute atomic E-state index is 12.4. The van der Waals surface area contributed by atoms with E-state index >= 15 is 0 Å². The number of aromatic nitrogens is 1. The Bertz CT molecular complexity index is 1510. The monoisotopic (exact) mass is 552 g/mol. The number of ether oxygens (including phenoxy) is 1. The van der Waals surface area contributed by atoms with Crippen molar-refractivity contribution in [2.24, 2.45) is 0 Å². The summed E-state index contributed by atoms with van der Waals surface area (Å²) in [6.45, 7) is 8.94. The number of hydrogen-bond donors (Lipinski definition) is 1. The van der Waals surface area contributed by atoms with Crippen LogP contribution in [0.15, 0.2) is 65.2 Å². The number of rotatable bonds is 11. The molecular weight excluding hydrogens is 512 g/mol. The van der Waals surface area contributed by atoms with Crippen LogP contribution in [0.2, 0.25) is 0 Å². The van der Waals surface area contributed by atoms with E-state index in [0.29, 0.717) is 23.7 Å². The SMILES string of the molecule is CCCCOc1cc(CCc2ccccc2)c(C(C)C)cc1-c1onc(C(=O)O)c1-c1ccc2c(c1)CCN(C)C2. The summed E-state index contributed by atoms with van der Waals surface area (Å²) in [7, 11) is 2.12. The van der Waals surface area contributed by atoms with Crippen LogP contribution in [0.25, 0.3) is 22.5 Å². The molecule has 41 heavy (non-hydrogen) atoms. The first kappa shape index (κ1) is 28.6. The molecule has 1 aliphatic rings. The highest BCUT2D eigenvalue weighted by molar-refractivity contribution is 5.99. The number of aryl methyl sites for hydroxylation is 2. The number of hydrogen-bond acceptors (Lipinski definition) is 5. The van der Waals surface area contributed by atoms with Crippen LogP contribution >= 0.6 is 0 Å². The fraction of sp³-hybridized carbons (Fsp3) is 0.371. The molecule has 214 valence electrons. The molecule has 6 heteroatoms. The van der Waals surface area contributed by atoms with E-state index < -0.39 is 5.97 Å². The average Bonchev–Trinajstić information content (AvgIpc) is 3.42. The van der Waals surface area contributed by atoms with Gasteiger partial charge in [-0.15, -0.1) is 0 Å². The van der Waals surface area contributed by atoms with Gasteiger partial charge in [0.1, 0.15) is 5.75 Å². The van der Waals surface area contributed by atoms with Gasteiger partial charge in [-0.1, -0.05) is 80.9 Å². The van der Waals surface area contributed by atoms with E-state index in [4.69, 9.17) is 9.26 Å². The molecule has 1 N–H and O–H groups in total. The van der Waals surface area contributed by atoms with Gasteiger partial charge in [0.25, 0.3) is 0 Å². The largest absolute Gasteiger partial charge is 0.493 e. The smallest absolute Gasteiger partial charge is 0.358 e. The van der Waals surface area contributed by atoms with Crippen LogP contribution in [0.1, 0.15) is 77.8 Å². The summed E-state index contributed by atoms with van der Waals surface area (Å²) in [4.78, 5) is 14.6. The van der Waals surface area contributed by atoms with Crippen LogP contribution in [-0.2, 0) is 25.8 Å². The predicted molar refractivity (Wildman–Crippen MR) is 163 cm³/mol. The van der Waals surface area contributed by atoms with Crippen molar-refractivity contribution < 1.29 is 19.2 Å². The quantitative estimate of drug-likeness (QED) is 0.192. The van der Waals surface area contributed by atoms with Gasteiger partial charge in [-0.05, 0) is 84.2 Å². The predicted octanol–water partition coefficient (Wildman–Crippen LogP) is 7.78. The van der Waals surface area contributed by atoms with E-state index in [-0.39, 0.29) is 11.6 Å². The number of benzene rings is 3. The summed E-state index contributed by atoms with van der Waals surface area (Å²) in [5.74, 6) is 0.304. The van der Waals surface area contributed by atoms with Crippen LogP contribution < -0.4 is 4.74 Å². The van der Waals surface area contributed by atoms with Crippen LogP contribution in [-0.4, -0.2) is 41.3 Å². The van der Waals surface area contributed by atoms with Crippen molar-refractivity contribution in [1.29, 1.82) is 0 Å². The Balaban J connectivity index is 1.63. The lowest BCUT2D eigenvalue weighted by Gasteiger charge is -2.25. The number of carboxylic acid groups (broad SMARTS) is 1. The zero-order valence-corrected chi connectivity index (χ0v) is 24.6. The molecule has 0 bridgehead atoms. The van der Waals surface area contributed by atoms with Gasteiger partial charge in [-0.25, -0.2) is 4.79 Å². The highest BCUT2D eigenvalue weighted by Crippen LogP contribution is 2.43.